The van der Waals surface area contributed by atoms with Gasteiger partial charge >= 0.3 is 0 Å². The van der Waals surface area contributed by atoms with Gasteiger partial charge in [-0.05, 0) is 48.6 Å². The van der Waals surface area contributed by atoms with Gasteiger partial charge in [0.15, 0.2) is 0 Å². The van der Waals surface area contributed by atoms with Crippen LogP contribution in [0.5, 0.6) is 5.75 Å². The van der Waals surface area contributed by atoms with Gasteiger partial charge in [-0.3, -0.25) is 0 Å². The number of hydrogen-bond acceptors (Lipinski definition) is 2. The van der Waals surface area contributed by atoms with E-state index in [1.165, 1.54) is 41.6 Å². The van der Waals surface area contributed by atoms with E-state index in [2.05, 4.69) is 48.6 Å². The van der Waals surface area contributed by atoms with Crippen LogP contribution in [-0.4, -0.2) is 6.61 Å². The van der Waals surface area contributed by atoms with Crippen molar-refractivity contribution < 1.29 is 4.74 Å². The van der Waals surface area contributed by atoms with Crippen LogP contribution in [0.1, 0.15) is 36.1 Å². The molecule has 4 rings (SSSR count). The Kier molecular flexibility index (Phi) is 3.10. The molecule has 0 amide bonds. The van der Waals surface area contributed by atoms with E-state index in [0.717, 1.165) is 12.4 Å². The monoisotopic (exact) mass is 279 g/mol. The average molecular weight is 279 g/mol. The second-order valence-corrected chi connectivity index (χ2v) is 6.29. The van der Waals surface area contributed by atoms with Crippen molar-refractivity contribution in [1.82, 2.24) is 0 Å². The molecular formula is C19H21NO. The molecule has 1 heterocycles. The van der Waals surface area contributed by atoms with E-state index >= 15 is 0 Å². The van der Waals surface area contributed by atoms with Gasteiger partial charge in [-0.15, -0.1) is 0 Å². The number of nitrogens with one attached hydrogen (secondary N) is 1. The minimum atomic E-state index is 0.328. The van der Waals surface area contributed by atoms with E-state index in [1.54, 1.807) is 0 Å². The molecule has 0 fully saturated rings. The van der Waals surface area contributed by atoms with Crippen LogP contribution in [0, 0.1) is 5.92 Å². The van der Waals surface area contributed by atoms with Gasteiger partial charge in [0.25, 0.3) is 0 Å². The molecule has 2 atom stereocenters. The Balaban J connectivity index is 1.64. The van der Waals surface area contributed by atoms with Gasteiger partial charge in [0.2, 0.25) is 0 Å². The second kappa shape index (κ2) is 5.10. The zero-order chi connectivity index (χ0) is 14.2. The smallest absolute Gasteiger partial charge is 0.124 e. The minimum Gasteiger partial charge on any atom is -0.493 e. The first-order valence-corrected chi connectivity index (χ1v) is 7.91. The van der Waals surface area contributed by atoms with Crippen molar-refractivity contribution in [3.63, 3.8) is 0 Å². The minimum absolute atomic E-state index is 0.328. The first-order valence-electron chi connectivity index (χ1n) is 7.91. The molecule has 108 valence electrons. The third-order valence-electron chi connectivity index (χ3n) is 4.75. The number of ether oxygens (including phenoxy) is 1. The van der Waals surface area contributed by atoms with Crippen molar-refractivity contribution in [2.24, 2.45) is 5.92 Å². The Hall–Kier alpha value is -1.96. The highest BCUT2D eigenvalue weighted by Crippen LogP contribution is 2.37. The fraction of sp³-hybridized carbons (Fsp3) is 0.368. The third kappa shape index (κ3) is 2.29. The molecular weight excluding hydrogens is 258 g/mol. The summed E-state index contributed by atoms with van der Waals surface area (Å²) >= 11 is 0. The molecule has 1 aliphatic heterocycles. The first kappa shape index (κ1) is 12.8. The van der Waals surface area contributed by atoms with E-state index in [9.17, 15) is 0 Å². The van der Waals surface area contributed by atoms with Crippen molar-refractivity contribution >= 4 is 5.69 Å². The van der Waals surface area contributed by atoms with Crippen LogP contribution in [0.2, 0.25) is 0 Å². The molecule has 0 spiro atoms. The van der Waals surface area contributed by atoms with Crippen LogP contribution in [-0.2, 0) is 12.8 Å². The molecule has 0 aromatic heterocycles. The molecule has 0 bridgehead atoms. The van der Waals surface area contributed by atoms with Gasteiger partial charge in [-0.2, -0.15) is 0 Å². The number of aryl methyl sites for hydroxylation is 2. The largest absolute Gasteiger partial charge is 0.493 e. The van der Waals surface area contributed by atoms with Crippen LogP contribution < -0.4 is 10.1 Å². The van der Waals surface area contributed by atoms with Gasteiger partial charge < -0.3 is 10.1 Å². The summed E-state index contributed by atoms with van der Waals surface area (Å²) in [4.78, 5) is 0. The fourth-order valence-corrected chi connectivity index (χ4v) is 3.55. The lowest BCUT2D eigenvalue weighted by atomic mass is 9.91. The number of benzene rings is 2. The lowest BCUT2D eigenvalue weighted by Crippen LogP contribution is -2.28. The van der Waals surface area contributed by atoms with Crippen LogP contribution in [0.15, 0.2) is 42.5 Å². The maximum atomic E-state index is 5.84. The highest BCUT2D eigenvalue weighted by molar-refractivity contribution is 5.53. The van der Waals surface area contributed by atoms with Gasteiger partial charge in [0.05, 0.1) is 12.6 Å². The van der Waals surface area contributed by atoms with Crippen molar-refractivity contribution in [3.8, 4) is 5.75 Å². The van der Waals surface area contributed by atoms with Crippen molar-refractivity contribution in [2.45, 2.75) is 32.2 Å². The number of anilines is 1. The highest BCUT2D eigenvalue weighted by atomic mass is 16.5. The molecule has 2 aromatic carbocycles. The third-order valence-corrected chi connectivity index (χ3v) is 4.75. The molecule has 2 aromatic rings. The molecule has 0 saturated carbocycles. The van der Waals surface area contributed by atoms with E-state index in [4.69, 9.17) is 4.74 Å². The molecule has 1 aliphatic carbocycles. The summed E-state index contributed by atoms with van der Waals surface area (Å²) in [5.74, 6) is 1.49. The van der Waals surface area contributed by atoms with Gasteiger partial charge in [0.1, 0.15) is 5.75 Å². The summed E-state index contributed by atoms with van der Waals surface area (Å²) in [6.07, 6.45) is 3.77. The quantitative estimate of drug-likeness (QED) is 0.882. The molecule has 0 radical (unpaired) electrons. The van der Waals surface area contributed by atoms with E-state index in [0.29, 0.717) is 12.0 Å². The predicted molar refractivity (Wildman–Crippen MR) is 85.9 cm³/mol. The molecule has 0 saturated heterocycles. The lowest BCUT2D eigenvalue weighted by molar-refractivity contribution is 0.214. The highest BCUT2D eigenvalue weighted by Gasteiger charge is 2.27. The summed E-state index contributed by atoms with van der Waals surface area (Å²) in [7, 11) is 0. The van der Waals surface area contributed by atoms with Crippen molar-refractivity contribution in [2.75, 3.05) is 11.9 Å². The zero-order valence-electron chi connectivity index (χ0n) is 12.4. The Bertz CT molecular complexity index is 664. The summed E-state index contributed by atoms with van der Waals surface area (Å²) in [5, 5.41) is 3.74. The van der Waals surface area contributed by atoms with Gasteiger partial charge in [-0.1, -0.05) is 31.2 Å². The van der Waals surface area contributed by atoms with Crippen molar-refractivity contribution in [3.05, 3.63) is 59.2 Å². The number of hydrogen-bond donors (Lipinski definition) is 1. The number of fused-ring (bicyclic) bond motifs is 2. The average Bonchev–Trinajstić information content (AvgIpc) is 2.98. The SMILES string of the molecule is CC1COc2ccccc2C1Nc1ccc2c(c1)CCC2. The standard InChI is InChI=1S/C19H21NO/c1-13-12-21-18-8-3-2-7-17(18)19(13)20-16-10-9-14-5-4-6-15(14)11-16/h2-3,7-11,13,19-20H,4-6,12H2,1H3. The predicted octanol–water partition coefficient (Wildman–Crippen LogP) is 4.36. The van der Waals surface area contributed by atoms with E-state index in [-0.39, 0.29) is 0 Å². The first-order chi connectivity index (χ1) is 10.3. The summed E-state index contributed by atoms with van der Waals surface area (Å²) < 4.78 is 5.84. The summed E-state index contributed by atoms with van der Waals surface area (Å²) in [6.45, 7) is 3.03. The maximum absolute atomic E-state index is 5.84. The molecule has 1 N–H and O–H groups in total. The van der Waals surface area contributed by atoms with Gasteiger partial charge in [0, 0.05) is 17.2 Å². The Morgan fingerprint density at radius 1 is 1.05 bits per heavy atom. The maximum Gasteiger partial charge on any atom is 0.124 e. The normalized spacial score (nSPS) is 23.1. The molecule has 2 unspecified atom stereocenters. The number of para-hydroxylation sites is 1. The Morgan fingerprint density at radius 2 is 1.90 bits per heavy atom. The van der Waals surface area contributed by atoms with Gasteiger partial charge in [-0.25, -0.2) is 0 Å². The lowest BCUT2D eigenvalue weighted by Gasteiger charge is -2.33. The van der Waals surface area contributed by atoms with Crippen LogP contribution in [0.25, 0.3) is 0 Å². The number of rotatable bonds is 2. The van der Waals surface area contributed by atoms with E-state index < -0.39 is 0 Å². The van der Waals surface area contributed by atoms with Crippen LogP contribution in [0.4, 0.5) is 5.69 Å². The van der Waals surface area contributed by atoms with Crippen LogP contribution >= 0.6 is 0 Å². The molecule has 2 nitrogen and oxygen atoms in total. The fourth-order valence-electron chi connectivity index (χ4n) is 3.55. The zero-order valence-corrected chi connectivity index (χ0v) is 12.4. The van der Waals surface area contributed by atoms with E-state index in [1.807, 2.05) is 6.07 Å². The summed E-state index contributed by atoms with van der Waals surface area (Å²) in [6, 6.07) is 15.6. The summed E-state index contributed by atoms with van der Waals surface area (Å²) in [5.41, 5.74) is 5.56. The molecule has 2 aliphatic rings. The second-order valence-electron chi connectivity index (χ2n) is 6.29. The Morgan fingerprint density at radius 3 is 2.86 bits per heavy atom. The Labute approximate surface area is 126 Å². The van der Waals surface area contributed by atoms with Crippen molar-refractivity contribution in [1.29, 1.82) is 0 Å². The molecule has 2 heteroatoms. The van der Waals surface area contributed by atoms with Crippen LogP contribution in [0.3, 0.4) is 0 Å². The molecule has 21 heavy (non-hydrogen) atoms. The topological polar surface area (TPSA) is 21.3 Å².